The van der Waals surface area contributed by atoms with Crippen molar-refractivity contribution < 1.29 is 27.9 Å². The Balaban J connectivity index is 1.56. The van der Waals surface area contributed by atoms with Crippen LogP contribution in [-0.4, -0.2) is 54.1 Å². The van der Waals surface area contributed by atoms with E-state index in [1.807, 2.05) is 6.07 Å². The number of pyridine rings is 1. The molecule has 4 rings (SSSR count). The number of carbonyl (C=O) groups is 2. The summed E-state index contributed by atoms with van der Waals surface area (Å²) in [5.41, 5.74) is -0.501. The van der Waals surface area contributed by atoms with Gasteiger partial charge in [-0.1, -0.05) is 6.07 Å². The molecule has 0 aromatic carbocycles. The van der Waals surface area contributed by atoms with Crippen molar-refractivity contribution in [2.75, 3.05) is 13.1 Å². The predicted molar refractivity (Wildman–Crippen MR) is 98.3 cm³/mol. The molecule has 0 bridgehead atoms. The molecule has 1 fully saturated rings. The van der Waals surface area contributed by atoms with E-state index < -0.39 is 29.4 Å². The summed E-state index contributed by atoms with van der Waals surface area (Å²) in [6.07, 6.45) is -1.92. The highest BCUT2D eigenvalue weighted by molar-refractivity contribution is 5.94. The number of hydrogen-bond acceptors (Lipinski definition) is 4. The van der Waals surface area contributed by atoms with Gasteiger partial charge >= 0.3 is 12.1 Å². The van der Waals surface area contributed by atoms with E-state index in [2.05, 4.69) is 10.1 Å². The number of carbonyl (C=O) groups excluding carboxylic acids is 1. The molecule has 158 valence electrons. The van der Waals surface area contributed by atoms with Gasteiger partial charge in [-0.25, -0.2) is 9.78 Å². The van der Waals surface area contributed by atoms with Crippen LogP contribution >= 0.6 is 0 Å². The second-order valence-corrected chi connectivity index (χ2v) is 7.15. The van der Waals surface area contributed by atoms with Crippen LogP contribution in [0, 0.1) is 6.92 Å². The molecule has 30 heavy (non-hydrogen) atoms. The Kier molecular flexibility index (Phi) is 4.75. The van der Waals surface area contributed by atoms with Gasteiger partial charge in [0.15, 0.2) is 5.69 Å². The molecule has 0 unspecified atom stereocenters. The van der Waals surface area contributed by atoms with Crippen LogP contribution in [-0.2, 0) is 6.18 Å². The van der Waals surface area contributed by atoms with Crippen LogP contribution < -0.4 is 0 Å². The van der Waals surface area contributed by atoms with Gasteiger partial charge in [0.1, 0.15) is 16.9 Å². The lowest BCUT2D eigenvalue weighted by atomic mass is 10.0. The topological polar surface area (TPSA) is 92.7 Å². The normalized spacial score (nSPS) is 15.7. The smallest absolute Gasteiger partial charge is 0.433 e. The number of carboxylic acids is 1. The maximum absolute atomic E-state index is 13.4. The average molecular weight is 421 g/mol. The minimum atomic E-state index is -4.84. The van der Waals surface area contributed by atoms with Gasteiger partial charge in [0.25, 0.3) is 5.91 Å². The lowest BCUT2D eigenvalue weighted by Gasteiger charge is -2.33. The Labute approximate surface area is 168 Å². The number of fused-ring (bicyclic) bond motifs is 1. The average Bonchev–Trinajstić information content (AvgIpc) is 3.28. The van der Waals surface area contributed by atoms with Crippen LogP contribution in [0.4, 0.5) is 13.2 Å². The molecule has 0 radical (unpaired) electrons. The molecule has 1 aliphatic rings. The number of imidazole rings is 1. The van der Waals surface area contributed by atoms with E-state index in [9.17, 15) is 22.8 Å². The van der Waals surface area contributed by atoms with Crippen LogP contribution in [0.5, 0.6) is 0 Å². The first-order chi connectivity index (χ1) is 14.2. The molecule has 4 heterocycles. The number of nitrogens with zero attached hydrogens (tertiary/aromatic N) is 5. The van der Waals surface area contributed by atoms with Crippen LogP contribution in [0.1, 0.15) is 51.1 Å². The Hall–Kier alpha value is -3.37. The third-order valence-corrected chi connectivity index (χ3v) is 5.30. The van der Waals surface area contributed by atoms with Crippen molar-refractivity contribution >= 4 is 17.5 Å². The highest BCUT2D eigenvalue weighted by atomic mass is 19.4. The molecule has 0 atom stereocenters. The summed E-state index contributed by atoms with van der Waals surface area (Å²) in [5, 5.41) is 12.8. The van der Waals surface area contributed by atoms with Crippen molar-refractivity contribution in [1.29, 1.82) is 0 Å². The van der Waals surface area contributed by atoms with E-state index in [1.54, 1.807) is 34.6 Å². The van der Waals surface area contributed by atoms with E-state index in [-0.39, 0.29) is 31.8 Å². The van der Waals surface area contributed by atoms with Gasteiger partial charge in [-0.3, -0.25) is 13.9 Å². The molecular weight excluding hydrogens is 403 g/mol. The summed E-state index contributed by atoms with van der Waals surface area (Å²) in [4.78, 5) is 30.2. The first-order valence-corrected chi connectivity index (χ1v) is 9.29. The van der Waals surface area contributed by atoms with Gasteiger partial charge in [-0.15, -0.1) is 0 Å². The number of carboxylic acid groups (broad SMARTS) is 1. The molecule has 3 aromatic rings. The molecule has 0 spiro atoms. The number of piperidine rings is 1. The third kappa shape index (κ3) is 3.29. The number of likely N-dealkylation sites (tertiary alicyclic amines) is 1. The van der Waals surface area contributed by atoms with Crippen molar-refractivity contribution in [2.45, 2.75) is 32.0 Å². The zero-order chi connectivity index (χ0) is 21.6. The molecule has 0 aliphatic carbocycles. The van der Waals surface area contributed by atoms with Gasteiger partial charge in [0.2, 0.25) is 0 Å². The number of amides is 1. The summed E-state index contributed by atoms with van der Waals surface area (Å²) in [6, 6.07) is 4.73. The van der Waals surface area contributed by atoms with Crippen LogP contribution in [0.15, 0.2) is 30.6 Å². The summed E-state index contributed by atoms with van der Waals surface area (Å²) in [6.45, 7) is 2.19. The van der Waals surface area contributed by atoms with E-state index >= 15 is 0 Å². The molecule has 1 saturated heterocycles. The fourth-order valence-corrected chi connectivity index (χ4v) is 3.91. The monoisotopic (exact) mass is 421 g/mol. The number of aromatic carboxylic acids is 1. The summed E-state index contributed by atoms with van der Waals surface area (Å²) < 4.78 is 42.8. The van der Waals surface area contributed by atoms with Gasteiger partial charge in [0, 0.05) is 19.3 Å². The zero-order valence-electron chi connectivity index (χ0n) is 15.9. The summed E-state index contributed by atoms with van der Waals surface area (Å²) in [7, 11) is 0. The van der Waals surface area contributed by atoms with Crippen LogP contribution in [0.2, 0.25) is 0 Å². The maximum Gasteiger partial charge on any atom is 0.433 e. The van der Waals surface area contributed by atoms with Crippen LogP contribution in [0.3, 0.4) is 0 Å². The van der Waals surface area contributed by atoms with Gasteiger partial charge in [-0.2, -0.15) is 18.3 Å². The number of rotatable bonds is 3. The highest BCUT2D eigenvalue weighted by Crippen LogP contribution is 2.36. The maximum atomic E-state index is 13.4. The Morgan fingerprint density at radius 2 is 1.90 bits per heavy atom. The van der Waals surface area contributed by atoms with E-state index in [1.165, 1.54) is 0 Å². The summed E-state index contributed by atoms with van der Waals surface area (Å²) >= 11 is 0. The lowest BCUT2D eigenvalue weighted by molar-refractivity contribution is -0.145. The Bertz CT molecular complexity index is 1130. The van der Waals surface area contributed by atoms with Crippen molar-refractivity contribution in [1.82, 2.24) is 24.1 Å². The Morgan fingerprint density at radius 1 is 1.20 bits per heavy atom. The van der Waals surface area contributed by atoms with Crippen LogP contribution in [0.25, 0.3) is 5.65 Å². The van der Waals surface area contributed by atoms with Gasteiger partial charge in [0.05, 0.1) is 17.9 Å². The lowest BCUT2D eigenvalue weighted by Crippen LogP contribution is -2.40. The third-order valence-electron chi connectivity index (χ3n) is 5.30. The molecule has 11 heteroatoms. The number of halogens is 3. The fraction of sp³-hybridized carbons (Fsp3) is 0.368. The van der Waals surface area contributed by atoms with Crippen molar-refractivity contribution in [2.24, 2.45) is 0 Å². The van der Waals surface area contributed by atoms with Crippen molar-refractivity contribution in [3.05, 3.63) is 53.2 Å². The molecule has 3 aromatic heterocycles. The van der Waals surface area contributed by atoms with Gasteiger partial charge in [-0.05, 0) is 31.9 Å². The Morgan fingerprint density at radius 3 is 2.53 bits per heavy atom. The van der Waals surface area contributed by atoms with E-state index in [4.69, 9.17) is 5.11 Å². The molecule has 1 N–H and O–H groups in total. The van der Waals surface area contributed by atoms with Gasteiger partial charge < -0.3 is 10.0 Å². The summed E-state index contributed by atoms with van der Waals surface area (Å²) in [5.74, 6) is -1.92. The molecule has 8 nitrogen and oxygen atoms in total. The molecule has 1 amide bonds. The zero-order valence-corrected chi connectivity index (χ0v) is 15.9. The first kappa shape index (κ1) is 19.9. The minimum absolute atomic E-state index is 0.225. The predicted octanol–water partition coefficient (Wildman–Crippen LogP) is 3.03. The van der Waals surface area contributed by atoms with Crippen molar-refractivity contribution in [3.8, 4) is 0 Å². The van der Waals surface area contributed by atoms with Crippen molar-refractivity contribution in [3.63, 3.8) is 0 Å². The minimum Gasteiger partial charge on any atom is -0.478 e. The molecule has 0 saturated carbocycles. The number of aromatic nitrogens is 4. The second-order valence-electron chi connectivity index (χ2n) is 7.15. The fourth-order valence-electron chi connectivity index (χ4n) is 3.91. The molecular formula is C19H18F3N5O3. The SMILES string of the molecule is Cc1nc2ccccn2c1C(=O)N1CCC(n2ncc(C(=O)O)c2C(F)(F)F)CC1. The van der Waals surface area contributed by atoms with E-state index in [0.717, 1.165) is 10.9 Å². The number of aryl methyl sites for hydroxylation is 1. The first-order valence-electron chi connectivity index (χ1n) is 9.29. The number of hydrogen-bond donors (Lipinski definition) is 1. The quantitative estimate of drug-likeness (QED) is 0.702. The number of alkyl halides is 3. The largest absolute Gasteiger partial charge is 0.478 e. The highest BCUT2D eigenvalue weighted by Gasteiger charge is 2.42. The van der Waals surface area contributed by atoms with E-state index in [0.29, 0.717) is 17.0 Å². The standard InChI is InChI=1S/C19H18F3N5O3/c1-11-15(26-7-3-2-4-14(26)24-11)17(28)25-8-5-12(6-9-25)27-16(19(20,21)22)13(10-23-27)18(29)30/h2-4,7,10,12H,5-6,8-9H2,1H3,(H,29,30). The molecule has 1 aliphatic heterocycles. The second kappa shape index (κ2) is 7.15.